The third kappa shape index (κ3) is 3.74. The first-order valence-electron chi connectivity index (χ1n) is 11.6. The van der Waals surface area contributed by atoms with Gasteiger partial charge in [0.2, 0.25) is 0 Å². The molecule has 1 atom stereocenters. The van der Waals surface area contributed by atoms with Crippen LogP contribution in [0.5, 0.6) is 0 Å². The average molecular weight is 427 g/mol. The molecule has 2 nitrogen and oxygen atoms in total. The molecule has 160 valence electrons. The lowest BCUT2D eigenvalue weighted by Crippen LogP contribution is -2.00. The van der Waals surface area contributed by atoms with Crippen molar-refractivity contribution in [2.45, 2.75) is 13.3 Å². The van der Waals surface area contributed by atoms with Gasteiger partial charge in [0.05, 0.1) is 0 Å². The molecule has 5 aromatic rings. The molecule has 0 radical (unpaired) electrons. The van der Waals surface area contributed by atoms with Gasteiger partial charge < -0.3 is 10.3 Å². The fourth-order valence-electron chi connectivity index (χ4n) is 4.81. The summed E-state index contributed by atoms with van der Waals surface area (Å²) >= 11 is 0. The molecule has 0 fully saturated rings. The molecule has 0 saturated heterocycles. The number of aromatic nitrogens is 1. The van der Waals surface area contributed by atoms with Crippen molar-refractivity contribution in [1.82, 2.24) is 4.98 Å². The van der Waals surface area contributed by atoms with Gasteiger partial charge in [-0.15, -0.1) is 0 Å². The van der Waals surface area contributed by atoms with Crippen LogP contribution in [0.3, 0.4) is 0 Å². The number of hydrogen-bond donors (Lipinski definition) is 2. The van der Waals surface area contributed by atoms with Crippen molar-refractivity contribution in [3.05, 3.63) is 115 Å². The fourth-order valence-corrected chi connectivity index (χ4v) is 4.81. The number of benzene rings is 4. The molecule has 0 bridgehead atoms. The molecule has 33 heavy (non-hydrogen) atoms. The summed E-state index contributed by atoms with van der Waals surface area (Å²) in [6.07, 6.45) is 7.76. The maximum absolute atomic E-state index is 3.54. The number of fused-ring (bicyclic) bond motifs is 3. The Bertz CT molecular complexity index is 1500. The standard InChI is InChI=1S/C31H26N2/c1-21-6-2-3-7-27(21)23-12-17-26(18-13-23)32-25-15-10-22(11-16-25)24-14-19-31-29(20-24)28-8-4-5-9-30(28)33-31/h2-5,7-21,32-33H,6H2,1H3. The largest absolute Gasteiger partial charge is 0.356 e. The lowest BCUT2D eigenvalue weighted by atomic mass is 9.88. The fraction of sp³-hybridized carbons (Fsp3) is 0.0968. The van der Waals surface area contributed by atoms with Crippen molar-refractivity contribution in [2.75, 3.05) is 5.32 Å². The van der Waals surface area contributed by atoms with Crippen LogP contribution in [0.2, 0.25) is 0 Å². The van der Waals surface area contributed by atoms with Crippen LogP contribution in [-0.4, -0.2) is 4.98 Å². The summed E-state index contributed by atoms with van der Waals surface area (Å²) in [6, 6.07) is 32.6. The van der Waals surface area contributed by atoms with E-state index in [4.69, 9.17) is 0 Å². The van der Waals surface area contributed by atoms with Crippen molar-refractivity contribution >= 4 is 38.8 Å². The molecule has 6 rings (SSSR count). The number of aromatic amines is 1. The van der Waals surface area contributed by atoms with Crippen LogP contribution in [0.4, 0.5) is 11.4 Å². The van der Waals surface area contributed by atoms with E-state index in [1.165, 1.54) is 44.1 Å². The Morgan fingerprint density at radius 2 is 1.36 bits per heavy atom. The van der Waals surface area contributed by atoms with E-state index in [0.29, 0.717) is 5.92 Å². The van der Waals surface area contributed by atoms with Crippen molar-refractivity contribution in [1.29, 1.82) is 0 Å². The van der Waals surface area contributed by atoms with Gasteiger partial charge in [0, 0.05) is 33.2 Å². The molecule has 1 aromatic heterocycles. The topological polar surface area (TPSA) is 27.8 Å². The van der Waals surface area contributed by atoms with Gasteiger partial charge in [-0.1, -0.05) is 73.7 Å². The second-order valence-electron chi connectivity index (χ2n) is 8.90. The zero-order valence-electron chi connectivity index (χ0n) is 18.7. The predicted molar refractivity (Wildman–Crippen MR) is 142 cm³/mol. The molecule has 1 heterocycles. The van der Waals surface area contributed by atoms with E-state index in [1.807, 2.05) is 0 Å². The first kappa shape index (κ1) is 19.6. The third-order valence-electron chi connectivity index (χ3n) is 6.66. The first-order chi connectivity index (χ1) is 16.2. The van der Waals surface area contributed by atoms with Gasteiger partial charge in [0.15, 0.2) is 0 Å². The van der Waals surface area contributed by atoms with E-state index in [-0.39, 0.29) is 0 Å². The van der Waals surface area contributed by atoms with Gasteiger partial charge in [-0.05, 0) is 77.1 Å². The summed E-state index contributed by atoms with van der Waals surface area (Å²) in [5.74, 6) is 0.574. The Morgan fingerprint density at radius 3 is 2.12 bits per heavy atom. The maximum atomic E-state index is 3.54. The SMILES string of the molecule is CC1CC=CC=C1c1ccc(Nc2ccc(-c3ccc4[nH]c5ccccc5c4c3)cc2)cc1. The molecular formula is C31H26N2. The number of nitrogens with one attached hydrogen (secondary N) is 2. The first-order valence-corrected chi connectivity index (χ1v) is 11.6. The second kappa shape index (κ2) is 8.14. The van der Waals surface area contributed by atoms with E-state index >= 15 is 0 Å². The van der Waals surface area contributed by atoms with Crippen LogP contribution >= 0.6 is 0 Å². The van der Waals surface area contributed by atoms with Gasteiger partial charge in [-0.3, -0.25) is 0 Å². The normalized spacial score (nSPS) is 15.7. The summed E-state index contributed by atoms with van der Waals surface area (Å²) in [6.45, 7) is 2.29. The minimum Gasteiger partial charge on any atom is -0.356 e. The van der Waals surface area contributed by atoms with Gasteiger partial charge in [0.25, 0.3) is 0 Å². The van der Waals surface area contributed by atoms with Crippen molar-refractivity contribution in [2.24, 2.45) is 5.92 Å². The minimum atomic E-state index is 0.574. The molecule has 2 N–H and O–H groups in total. The van der Waals surface area contributed by atoms with Crippen LogP contribution in [0.25, 0.3) is 38.5 Å². The lowest BCUT2D eigenvalue weighted by molar-refractivity contribution is 0.758. The lowest BCUT2D eigenvalue weighted by Gasteiger charge is -2.18. The van der Waals surface area contributed by atoms with Crippen molar-refractivity contribution < 1.29 is 0 Å². The molecule has 0 spiro atoms. The zero-order valence-corrected chi connectivity index (χ0v) is 18.7. The number of anilines is 2. The van der Waals surface area contributed by atoms with Gasteiger partial charge in [-0.25, -0.2) is 0 Å². The molecule has 1 aliphatic carbocycles. The summed E-state index contributed by atoms with van der Waals surface area (Å²) in [5.41, 5.74) is 9.72. The molecule has 0 aliphatic heterocycles. The van der Waals surface area contributed by atoms with Gasteiger partial charge in [-0.2, -0.15) is 0 Å². The summed E-state index contributed by atoms with van der Waals surface area (Å²) in [4.78, 5) is 3.50. The van der Waals surface area contributed by atoms with E-state index in [2.05, 4.69) is 126 Å². The second-order valence-corrected chi connectivity index (χ2v) is 8.90. The molecule has 0 saturated carbocycles. The van der Waals surface area contributed by atoms with Crippen LogP contribution in [0.15, 0.2) is 109 Å². The molecule has 1 aliphatic rings. The highest BCUT2D eigenvalue weighted by Gasteiger charge is 2.12. The number of H-pyrrole nitrogens is 1. The van der Waals surface area contributed by atoms with Crippen LogP contribution in [0.1, 0.15) is 18.9 Å². The van der Waals surface area contributed by atoms with E-state index in [0.717, 1.165) is 17.8 Å². The molecule has 4 aromatic carbocycles. The monoisotopic (exact) mass is 426 g/mol. The number of para-hydroxylation sites is 1. The van der Waals surface area contributed by atoms with Gasteiger partial charge >= 0.3 is 0 Å². The minimum absolute atomic E-state index is 0.574. The summed E-state index contributed by atoms with van der Waals surface area (Å²) < 4.78 is 0. The van der Waals surface area contributed by atoms with E-state index in [9.17, 15) is 0 Å². The van der Waals surface area contributed by atoms with Crippen LogP contribution < -0.4 is 5.32 Å². The zero-order chi connectivity index (χ0) is 22.2. The van der Waals surface area contributed by atoms with E-state index in [1.54, 1.807) is 0 Å². The van der Waals surface area contributed by atoms with Gasteiger partial charge in [0.1, 0.15) is 0 Å². The van der Waals surface area contributed by atoms with Crippen molar-refractivity contribution in [3.63, 3.8) is 0 Å². The summed E-state index contributed by atoms with van der Waals surface area (Å²) in [7, 11) is 0. The number of allylic oxidation sites excluding steroid dienone is 4. The van der Waals surface area contributed by atoms with Crippen LogP contribution in [-0.2, 0) is 0 Å². The quantitative estimate of drug-likeness (QED) is 0.295. The maximum Gasteiger partial charge on any atom is 0.0465 e. The number of rotatable bonds is 4. The smallest absolute Gasteiger partial charge is 0.0465 e. The number of hydrogen-bond acceptors (Lipinski definition) is 1. The third-order valence-corrected chi connectivity index (χ3v) is 6.66. The Balaban J connectivity index is 1.22. The highest BCUT2D eigenvalue weighted by Crippen LogP contribution is 2.32. The Hall–Kier alpha value is -4.04. The Morgan fingerprint density at radius 1 is 0.697 bits per heavy atom. The highest BCUT2D eigenvalue weighted by molar-refractivity contribution is 6.08. The highest BCUT2D eigenvalue weighted by atomic mass is 14.9. The molecule has 0 amide bonds. The molecule has 1 unspecified atom stereocenters. The summed E-state index contributed by atoms with van der Waals surface area (Å²) in [5, 5.41) is 6.07. The van der Waals surface area contributed by atoms with Crippen molar-refractivity contribution in [3.8, 4) is 11.1 Å². The molecular weight excluding hydrogens is 400 g/mol. The Labute approximate surface area is 194 Å². The predicted octanol–water partition coefficient (Wildman–Crippen LogP) is 8.71. The average Bonchev–Trinajstić information content (AvgIpc) is 3.23. The van der Waals surface area contributed by atoms with E-state index < -0.39 is 0 Å². The Kier molecular flexibility index (Phi) is 4.84. The van der Waals surface area contributed by atoms with Crippen LogP contribution in [0, 0.1) is 5.92 Å². The molecule has 2 heteroatoms.